The number of benzene rings is 1. The Kier molecular flexibility index (Phi) is 6.93. The number of rotatable bonds is 8. The van der Waals surface area contributed by atoms with E-state index in [0.29, 0.717) is 19.1 Å². The number of aryl methyl sites for hydroxylation is 1. The second-order valence-corrected chi connectivity index (χ2v) is 9.47. The Labute approximate surface area is 167 Å². The lowest BCUT2D eigenvalue weighted by molar-refractivity contribution is 0.0127. The van der Waals surface area contributed by atoms with Gasteiger partial charge in [-0.05, 0) is 49.1 Å². The maximum atomic E-state index is 12.8. The maximum absolute atomic E-state index is 12.8. The highest BCUT2D eigenvalue weighted by Gasteiger charge is 2.27. The molecule has 28 heavy (non-hydrogen) atoms. The van der Waals surface area contributed by atoms with Crippen molar-refractivity contribution in [3.05, 3.63) is 53.5 Å². The van der Waals surface area contributed by atoms with Crippen LogP contribution in [0.25, 0.3) is 0 Å². The Morgan fingerprint density at radius 2 is 1.75 bits per heavy atom. The summed E-state index contributed by atoms with van der Waals surface area (Å²) >= 11 is 0. The molecule has 154 valence electrons. The van der Waals surface area contributed by atoms with Gasteiger partial charge >= 0.3 is 0 Å². The first-order valence-electron chi connectivity index (χ1n) is 9.82. The van der Waals surface area contributed by atoms with Gasteiger partial charge in [-0.1, -0.05) is 26.0 Å². The fourth-order valence-electron chi connectivity index (χ4n) is 3.48. The summed E-state index contributed by atoms with van der Waals surface area (Å²) in [4.78, 5) is 2.49. The van der Waals surface area contributed by atoms with Crippen LogP contribution < -0.4 is 4.72 Å². The first-order chi connectivity index (χ1) is 13.3. The van der Waals surface area contributed by atoms with E-state index in [1.165, 1.54) is 0 Å². The van der Waals surface area contributed by atoms with Crippen molar-refractivity contribution >= 4 is 10.0 Å². The van der Waals surface area contributed by atoms with Crippen molar-refractivity contribution in [2.75, 3.05) is 32.8 Å². The number of sulfonamides is 1. The van der Waals surface area contributed by atoms with Crippen molar-refractivity contribution < 1.29 is 17.6 Å². The van der Waals surface area contributed by atoms with E-state index >= 15 is 0 Å². The molecule has 1 aromatic heterocycles. The lowest BCUT2D eigenvalue weighted by Gasteiger charge is -2.33. The zero-order valence-electron chi connectivity index (χ0n) is 16.8. The molecular weight excluding hydrogens is 376 g/mol. The lowest BCUT2D eigenvalue weighted by Crippen LogP contribution is -2.43. The van der Waals surface area contributed by atoms with E-state index in [1.807, 2.05) is 31.2 Å². The van der Waals surface area contributed by atoms with Crippen molar-refractivity contribution in [1.29, 1.82) is 0 Å². The molecule has 0 bridgehead atoms. The van der Waals surface area contributed by atoms with E-state index < -0.39 is 10.0 Å². The molecule has 2 aromatic rings. The quantitative estimate of drug-likeness (QED) is 0.729. The van der Waals surface area contributed by atoms with Gasteiger partial charge in [0.15, 0.2) is 0 Å². The number of furan rings is 1. The standard InChI is InChI=1S/C21H30N2O4S/c1-16(2)14-18-5-7-19(8-6-18)28(24,25)22-15-20(21-9-4-17(3)27-21)23-10-12-26-13-11-23/h4-9,16,20,22H,10-15H2,1-3H3. The summed E-state index contributed by atoms with van der Waals surface area (Å²) in [6.45, 7) is 9.21. The first-order valence-corrected chi connectivity index (χ1v) is 11.3. The van der Waals surface area contributed by atoms with Gasteiger partial charge in [0.25, 0.3) is 0 Å². The fraction of sp³-hybridized carbons (Fsp3) is 0.524. The summed E-state index contributed by atoms with van der Waals surface area (Å²) in [6.07, 6.45) is 0.935. The summed E-state index contributed by atoms with van der Waals surface area (Å²) in [6, 6.07) is 10.8. The van der Waals surface area contributed by atoms with Crippen molar-refractivity contribution in [2.24, 2.45) is 5.92 Å². The van der Waals surface area contributed by atoms with E-state index in [4.69, 9.17) is 9.15 Å². The molecule has 0 aliphatic carbocycles. The second-order valence-electron chi connectivity index (χ2n) is 7.71. The van der Waals surface area contributed by atoms with Crippen LogP contribution in [0.5, 0.6) is 0 Å². The average molecular weight is 407 g/mol. The van der Waals surface area contributed by atoms with Gasteiger partial charge in [-0.3, -0.25) is 4.90 Å². The van der Waals surface area contributed by atoms with Gasteiger partial charge in [0.1, 0.15) is 11.5 Å². The molecule has 6 nitrogen and oxygen atoms in total. The van der Waals surface area contributed by atoms with Gasteiger partial charge in [0, 0.05) is 19.6 Å². The van der Waals surface area contributed by atoms with Gasteiger partial charge < -0.3 is 9.15 Å². The Balaban J connectivity index is 1.72. The van der Waals surface area contributed by atoms with E-state index in [2.05, 4.69) is 23.5 Å². The zero-order chi connectivity index (χ0) is 20.1. The summed E-state index contributed by atoms with van der Waals surface area (Å²) in [7, 11) is -3.59. The molecule has 1 aliphatic rings. The highest BCUT2D eigenvalue weighted by molar-refractivity contribution is 7.89. The van der Waals surface area contributed by atoms with Gasteiger partial charge in [-0.25, -0.2) is 13.1 Å². The third-order valence-electron chi connectivity index (χ3n) is 4.92. The third-order valence-corrected chi connectivity index (χ3v) is 6.36. The Morgan fingerprint density at radius 1 is 1.07 bits per heavy atom. The molecular formula is C21H30N2O4S. The smallest absolute Gasteiger partial charge is 0.240 e. The van der Waals surface area contributed by atoms with Crippen LogP contribution in [0.1, 0.15) is 37.0 Å². The van der Waals surface area contributed by atoms with Crippen molar-refractivity contribution in [3.8, 4) is 0 Å². The number of ether oxygens (including phenoxy) is 1. The number of nitrogens with one attached hydrogen (secondary N) is 1. The van der Waals surface area contributed by atoms with Crippen molar-refractivity contribution in [1.82, 2.24) is 9.62 Å². The van der Waals surface area contributed by atoms with Crippen molar-refractivity contribution in [3.63, 3.8) is 0 Å². The van der Waals surface area contributed by atoms with E-state index in [0.717, 1.165) is 36.6 Å². The molecule has 1 aliphatic heterocycles. The third kappa shape index (κ3) is 5.44. The molecule has 0 amide bonds. The minimum atomic E-state index is -3.59. The molecule has 2 heterocycles. The predicted molar refractivity (Wildman–Crippen MR) is 109 cm³/mol. The highest BCUT2D eigenvalue weighted by Crippen LogP contribution is 2.24. The van der Waals surface area contributed by atoms with Crippen LogP contribution in [0, 0.1) is 12.8 Å². The SMILES string of the molecule is Cc1ccc(C(CNS(=O)(=O)c2ccc(CC(C)C)cc2)N2CCOCC2)o1. The van der Waals surface area contributed by atoms with E-state index in [9.17, 15) is 8.42 Å². The summed E-state index contributed by atoms with van der Waals surface area (Å²) in [5.41, 5.74) is 1.14. The topological polar surface area (TPSA) is 71.8 Å². The fourth-order valence-corrected chi connectivity index (χ4v) is 4.52. The zero-order valence-corrected chi connectivity index (χ0v) is 17.7. The Morgan fingerprint density at radius 3 is 2.32 bits per heavy atom. The molecule has 3 rings (SSSR count). The number of hydrogen-bond donors (Lipinski definition) is 1. The number of hydrogen-bond acceptors (Lipinski definition) is 5. The van der Waals surface area contributed by atoms with Crippen molar-refractivity contribution in [2.45, 2.75) is 38.1 Å². The Hall–Kier alpha value is -1.67. The van der Waals surface area contributed by atoms with Gasteiger partial charge in [-0.2, -0.15) is 0 Å². The van der Waals surface area contributed by atoms with Gasteiger partial charge in [0.2, 0.25) is 10.0 Å². The molecule has 1 atom stereocenters. The lowest BCUT2D eigenvalue weighted by atomic mass is 10.0. The molecule has 0 radical (unpaired) electrons. The first kappa shape index (κ1) is 21.0. The molecule has 1 N–H and O–H groups in total. The van der Waals surface area contributed by atoms with Crippen LogP contribution in [-0.2, 0) is 21.2 Å². The minimum absolute atomic E-state index is 0.160. The molecule has 1 unspecified atom stereocenters. The summed E-state index contributed by atoms with van der Waals surface area (Å²) in [5.74, 6) is 2.12. The van der Waals surface area contributed by atoms with E-state index in [-0.39, 0.29) is 17.5 Å². The van der Waals surface area contributed by atoms with Gasteiger partial charge in [0.05, 0.1) is 24.2 Å². The van der Waals surface area contributed by atoms with E-state index in [1.54, 1.807) is 12.1 Å². The Bertz CT molecular complexity index is 853. The monoisotopic (exact) mass is 406 g/mol. The molecule has 0 saturated carbocycles. The largest absolute Gasteiger partial charge is 0.465 e. The molecule has 7 heteroatoms. The number of nitrogens with zero attached hydrogens (tertiary/aromatic N) is 1. The highest BCUT2D eigenvalue weighted by atomic mass is 32.2. The average Bonchev–Trinajstić information content (AvgIpc) is 3.09. The normalized spacial score (nSPS) is 17.1. The predicted octanol–water partition coefficient (Wildman–Crippen LogP) is 3.14. The van der Waals surface area contributed by atoms with Crippen LogP contribution in [0.4, 0.5) is 0 Å². The van der Waals surface area contributed by atoms with Crippen LogP contribution in [-0.4, -0.2) is 46.2 Å². The second kappa shape index (κ2) is 9.22. The maximum Gasteiger partial charge on any atom is 0.240 e. The van der Waals surface area contributed by atoms with Crippen LogP contribution in [0.15, 0.2) is 45.7 Å². The van der Waals surface area contributed by atoms with Crippen LogP contribution >= 0.6 is 0 Å². The van der Waals surface area contributed by atoms with Gasteiger partial charge in [-0.15, -0.1) is 0 Å². The summed E-state index contributed by atoms with van der Waals surface area (Å²) in [5, 5.41) is 0. The molecule has 1 aromatic carbocycles. The summed E-state index contributed by atoms with van der Waals surface area (Å²) < 4.78 is 39.6. The van der Waals surface area contributed by atoms with Crippen LogP contribution in [0.2, 0.25) is 0 Å². The molecule has 0 spiro atoms. The molecule has 1 fully saturated rings. The number of morpholine rings is 1. The minimum Gasteiger partial charge on any atom is -0.465 e. The van der Waals surface area contributed by atoms with Crippen LogP contribution in [0.3, 0.4) is 0 Å². The molecule has 1 saturated heterocycles.